The summed E-state index contributed by atoms with van der Waals surface area (Å²) in [7, 11) is 0. The topological polar surface area (TPSA) is 63.8 Å². The number of nitrogens with one attached hydrogen (secondary N) is 1. The van der Waals surface area contributed by atoms with Gasteiger partial charge in [0.25, 0.3) is 0 Å². The van der Waals surface area contributed by atoms with Crippen LogP contribution in [-0.4, -0.2) is 9.36 Å². The van der Waals surface area contributed by atoms with Gasteiger partial charge in [0.15, 0.2) is 0 Å². The highest BCUT2D eigenvalue weighted by molar-refractivity contribution is 7.09. The van der Waals surface area contributed by atoms with E-state index < -0.39 is 0 Å². The van der Waals surface area contributed by atoms with Crippen LogP contribution in [0.25, 0.3) is 0 Å². The summed E-state index contributed by atoms with van der Waals surface area (Å²) in [5, 5.41) is 4.16. The van der Waals surface area contributed by atoms with Crippen molar-refractivity contribution < 1.29 is 0 Å². The average molecular weight is 262 g/mol. The molecule has 0 bridgehead atoms. The molecule has 1 aromatic heterocycles. The third-order valence-electron chi connectivity index (χ3n) is 2.88. The fraction of sp³-hybridized carbons (Fsp3) is 0.385. The van der Waals surface area contributed by atoms with Crippen molar-refractivity contribution in [1.82, 2.24) is 9.36 Å². The van der Waals surface area contributed by atoms with Crippen LogP contribution in [0, 0.1) is 6.92 Å². The Morgan fingerprint density at radius 3 is 2.83 bits per heavy atom. The van der Waals surface area contributed by atoms with Crippen molar-refractivity contribution in [3.63, 3.8) is 0 Å². The van der Waals surface area contributed by atoms with Gasteiger partial charge in [-0.25, -0.2) is 4.98 Å². The lowest BCUT2D eigenvalue weighted by atomic mass is 10.1. The van der Waals surface area contributed by atoms with Gasteiger partial charge in [-0.05, 0) is 24.1 Å². The van der Waals surface area contributed by atoms with Crippen LogP contribution >= 0.6 is 11.5 Å². The molecular formula is C13H18N4S. The summed E-state index contributed by atoms with van der Waals surface area (Å²) in [5.41, 5.74) is 9.02. The maximum absolute atomic E-state index is 5.88. The normalized spacial score (nSPS) is 10.9. The number of anilines is 2. The Bertz CT molecular complexity index is 534. The van der Waals surface area contributed by atoms with E-state index in [2.05, 4.69) is 34.6 Å². The van der Waals surface area contributed by atoms with Gasteiger partial charge >= 0.3 is 0 Å². The third-order valence-corrected chi connectivity index (χ3v) is 3.56. The maximum atomic E-state index is 5.88. The van der Waals surface area contributed by atoms with Crippen molar-refractivity contribution in [1.29, 1.82) is 0 Å². The zero-order chi connectivity index (χ0) is 13.1. The van der Waals surface area contributed by atoms with Crippen molar-refractivity contribution in [2.24, 2.45) is 0 Å². The minimum Gasteiger partial charge on any atom is -0.399 e. The van der Waals surface area contributed by atoms with E-state index >= 15 is 0 Å². The van der Waals surface area contributed by atoms with Crippen LogP contribution in [0.1, 0.15) is 36.7 Å². The molecule has 0 radical (unpaired) electrons. The Morgan fingerprint density at radius 2 is 2.17 bits per heavy atom. The molecule has 0 unspecified atom stereocenters. The Balaban J connectivity index is 2.04. The van der Waals surface area contributed by atoms with Crippen LogP contribution in [0.4, 0.5) is 10.8 Å². The number of hydrogen-bond donors (Lipinski definition) is 2. The summed E-state index contributed by atoms with van der Waals surface area (Å²) >= 11 is 1.40. The minimum absolute atomic E-state index is 0.367. The summed E-state index contributed by atoms with van der Waals surface area (Å²) in [6, 6.07) is 5.96. The van der Waals surface area contributed by atoms with Gasteiger partial charge in [-0.15, -0.1) is 0 Å². The van der Waals surface area contributed by atoms with E-state index in [1.807, 2.05) is 19.1 Å². The van der Waals surface area contributed by atoms with E-state index in [1.54, 1.807) is 0 Å². The molecule has 3 N–H and O–H groups in total. The number of aromatic nitrogens is 2. The summed E-state index contributed by atoms with van der Waals surface area (Å²) < 4.78 is 4.31. The predicted octanol–water partition coefficient (Wildman–Crippen LogP) is 3.16. The number of benzene rings is 1. The molecule has 0 aliphatic carbocycles. The van der Waals surface area contributed by atoms with Crippen molar-refractivity contribution in [3.8, 4) is 0 Å². The molecule has 0 fully saturated rings. The lowest BCUT2D eigenvalue weighted by Gasteiger charge is -2.08. The Hall–Kier alpha value is -1.62. The Kier molecular flexibility index (Phi) is 3.81. The Labute approximate surface area is 111 Å². The Morgan fingerprint density at radius 1 is 1.39 bits per heavy atom. The van der Waals surface area contributed by atoms with Gasteiger partial charge in [-0.1, -0.05) is 26.0 Å². The lowest BCUT2D eigenvalue weighted by Crippen LogP contribution is -2.03. The molecule has 1 aromatic carbocycles. The molecule has 5 heteroatoms. The molecule has 2 rings (SSSR count). The highest BCUT2D eigenvalue weighted by atomic mass is 32.1. The smallest absolute Gasteiger partial charge is 0.202 e. The van der Waals surface area contributed by atoms with Crippen molar-refractivity contribution in [2.45, 2.75) is 33.2 Å². The van der Waals surface area contributed by atoms with E-state index in [1.165, 1.54) is 17.1 Å². The molecule has 0 saturated heterocycles. The number of hydrogen-bond acceptors (Lipinski definition) is 5. The maximum Gasteiger partial charge on any atom is 0.202 e. The predicted molar refractivity (Wildman–Crippen MR) is 76.9 cm³/mol. The zero-order valence-corrected chi connectivity index (χ0v) is 11.7. The number of nitrogens with two attached hydrogens (primary N) is 1. The molecule has 0 saturated carbocycles. The molecule has 2 aromatic rings. The lowest BCUT2D eigenvalue weighted by molar-refractivity contribution is 0.799. The standard InChI is InChI=1S/C13H18N4S/c1-8(2)12-16-13(18-17-12)15-7-10-5-4-6-11(14)9(10)3/h4-6,8H,7,14H2,1-3H3,(H,15,16,17). The molecule has 0 atom stereocenters. The molecule has 0 aliphatic heterocycles. The van der Waals surface area contributed by atoms with Crippen molar-refractivity contribution in [3.05, 3.63) is 35.2 Å². The number of nitrogen functional groups attached to an aromatic ring is 1. The first-order valence-electron chi connectivity index (χ1n) is 5.99. The van der Waals surface area contributed by atoms with Crippen LogP contribution < -0.4 is 11.1 Å². The molecule has 96 valence electrons. The fourth-order valence-corrected chi connectivity index (χ4v) is 2.31. The molecule has 18 heavy (non-hydrogen) atoms. The van der Waals surface area contributed by atoms with Crippen LogP contribution in [-0.2, 0) is 6.54 Å². The average Bonchev–Trinajstić information content (AvgIpc) is 2.80. The van der Waals surface area contributed by atoms with Crippen LogP contribution in [0.5, 0.6) is 0 Å². The van der Waals surface area contributed by atoms with E-state index in [0.29, 0.717) is 5.92 Å². The van der Waals surface area contributed by atoms with Gasteiger partial charge in [-0.2, -0.15) is 4.37 Å². The van der Waals surface area contributed by atoms with Crippen molar-refractivity contribution >= 4 is 22.4 Å². The second-order valence-corrected chi connectivity index (χ2v) is 5.35. The summed E-state index contributed by atoms with van der Waals surface area (Å²) in [4.78, 5) is 4.44. The van der Waals surface area contributed by atoms with Gasteiger partial charge in [0.2, 0.25) is 5.13 Å². The molecule has 0 aliphatic rings. The number of nitrogens with zero attached hydrogens (tertiary/aromatic N) is 2. The molecule has 0 spiro atoms. The van der Waals surface area contributed by atoms with Gasteiger partial charge < -0.3 is 11.1 Å². The largest absolute Gasteiger partial charge is 0.399 e. The van der Waals surface area contributed by atoms with Gasteiger partial charge in [0.1, 0.15) is 5.82 Å². The zero-order valence-electron chi connectivity index (χ0n) is 10.9. The van der Waals surface area contributed by atoms with Crippen LogP contribution in [0.3, 0.4) is 0 Å². The summed E-state index contributed by atoms with van der Waals surface area (Å²) in [6.45, 7) is 6.94. The fourth-order valence-electron chi connectivity index (χ4n) is 1.61. The quantitative estimate of drug-likeness (QED) is 0.831. The van der Waals surface area contributed by atoms with E-state index in [9.17, 15) is 0 Å². The molecule has 1 heterocycles. The van der Waals surface area contributed by atoms with Gasteiger partial charge in [0.05, 0.1) is 0 Å². The number of rotatable bonds is 4. The third kappa shape index (κ3) is 2.79. The second-order valence-electron chi connectivity index (χ2n) is 4.60. The van der Waals surface area contributed by atoms with E-state index in [-0.39, 0.29) is 0 Å². The summed E-state index contributed by atoms with van der Waals surface area (Å²) in [6.07, 6.45) is 0. The van der Waals surface area contributed by atoms with E-state index in [0.717, 1.165) is 28.8 Å². The van der Waals surface area contributed by atoms with E-state index in [4.69, 9.17) is 5.73 Å². The first kappa shape index (κ1) is 12.8. The van der Waals surface area contributed by atoms with Crippen LogP contribution in [0.15, 0.2) is 18.2 Å². The van der Waals surface area contributed by atoms with Gasteiger partial charge in [-0.3, -0.25) is 0 Å². The SMILES string of the molecule is Cc1c(N)cccc1CNc1nc(C(C)C)ns1. The van der Waals surface area contributed by atoms with Crippen LogP contribution in [0.2, 0.25) is 0 Å². The highest BCUT2D eigenvalue weighted by Crippen LogP contribution is 2.20. The minimum atomic E-state index is 0.367. The summed E-state index contributed by atoms with van der Waals surface area (Å²) in [5.74, 6) is 1.26. The second kappa shape index (κ2) is 5.35. The van der Waals surface area contributed by atoms with Gasteiger partial charge in [0, 0.05) is 29.7 Å². The molecular weight excluding hydrogens is 244 g/mol. The molecule has 0 amide bonds. The highest BCUT2D eigenvalue weighted by Gasteiger charge is 2.08. The monoisotopic (exact) mass is 262 g/mol. The first-order chi connectivity index (χ1) is 8.58. The first-order valence-corrected chi connectivity index (χ1v) is 6.76. The molecule has 4 nitrogen and oxygen atoms in total. The van der Waals surface area contributed by atoms with Crippen molar-refractivity contribution in [2.75, 3.05) is 11.1 Å².